The van der Waals surface area contributed by atoms with E-state index in [0.29, 0.717) is 5.56 Å². The van der Waals surface area contributed by atoms with Gasteiger partial charge >= 0.3 is 5.97 Å². The molecule has 0 heterocycles. The summed E-state index contributed by atoms with van der Waals surface area (Å²) >= 11 is 0. The van der Waals surface area contributed by atoms with Crippen molar-refractivity contribution in [1.82, 2.24) is 0 Å². The Kier molecular flexibility index (Phi) is 5.59. The number of benzene rings is 1. The van der Waals surface area contributed by atoms with Crippen molar-refractivity contribution in [2.45, 2.75) is 65.2 Å². The molecule has 106 valence electrons. The number of hydrogen-bond acceptors (Lipinski definition) is 1. The second-order valence-corrected chi connectivity index (χ2v) is 6.24. The van der Waals surface area contributed by atoms with E-state index in [1.54, 1.807) is 6.07 Å². The minimum Gasteiger partial charge on any atom is -0.478 e. The molecule has 0 aliphatic carbocycles. The molecule has 1 aromatic rings. The van der Waals surface area contributed by atoms with Crippen molar-refractivity contribution in [3.05, 3.63) is 34.9 Å². The van der Waals surface area contributed by atoms with Gasteiger partial charge in [-0.2, -0.15) is 0 Å². The molecule has 2 heteroatoms. The molecule has 0 amide bonds. The lowest BCUT2D eigenvalue weighted by Crippen LogP contribution is -2.15. The van der Waals surface area contributed by atoms with Gasteiger partial charge in [0.1, 0.15) is 0 Å². The zero-order chi connectivity index (χ0) is 14.5. The van der Waals surface area contributed by atoms with E-state index in [9.17, 15) is 4.79 Å². The van der Waals surface area contributed by atoms with Gasteiger partial charge in [0.2, 0.25) is 0 Å². The fourth-order valence-corrected chi connectivity index (χ4v) is 2.41. The number of rotatable bonds is 6. The largest absolute Gasteiger partial charge is 0.478 e. The van der Waals surface area contributed by atoms with Crippen LogP contribution in [0.4, 0.5) is 0 Å². The lowest BCUT2D eigenvalue weighted by atomic mass is 9.81. The number of carboxylic acid groups (broad SMARTS) is 1. The van der Waals surface area contributed by atoms with E-state index >= 15 is 0 Å². The molecule has 0 aromatic heterocycles. The third-order valence-corrected chi connectivity index (χ3v) is 3.46. The van der Waals surface area contributed by atoms with Gasteiger partial charge in [0.05, 0.1) is 5.56 Å². The summed E-state index contributed by atoms with van der Waals surface area (Å²) in [5.41, 5.74) is 2.94. The summed E-state index contributed by atoms with van der Waals surface area (Å²) in [6.07, 6.45) is 5.82. The van der Waals surface area contributed by atoms with E-state index < -0.39 is 5.97 Å². The maximum Gasteiger partial charge on any atom is 0.335 e. The zero-order valence-electron chi connectivity index (χ0n) is 12.6. The van der Waals surface area contributed by atoms with E-state index in [4.69, 9.17) is 5.11 Å². The molecule has 0 spiro atoms. The van der Waals surface area contributed by atoms with Crippen LogP contribution >= 0.6 is 0 Å². The van der Waals surface area contributed by atoms with Gasteiger partial charge in [-0.05, 0) is 41.5 Å². The maximum absolute atomic E-state index is 11.1. The van der Waals surface area contributed by atoms with E-state index in [1.165, 1.54) is 30.4 Å². The van der Waals surface area contributed by atoms with Crippen molar-refractivity contribution in [2.75, 3.05) is 0 Å². The minimum atomic E-state index is -0.838. The Hall–Kier alpha value is -1.31. The van der Waals surface area contributed by atoms with Crippen LogP contribution in [0.1, 0.15) is 74.9 Å². The van der Waals surface area contributed by atoms with Crippen LogP contribution in [0, 0.1) is 0 Å². The molecule has 0 saturated carbocycles. The third-order valence-electron chi connectivity index (χ3n) is 3.46. The number of aromatic carboxylic acids is 1. The Morgan fingerprint density at radius 1 is 1.16 bits per heavy atom. The Labute approximate surface area is 116 Å². The normalized spacial score (nSPS) is 11.6. The number of hydrogen-bond donors (Lipinski definition) is 1. The first-order chi connectivity index (χ1) is 8.86. The first kappa shape index (κ1) is 15.7. The summed E-state index contributed by atoms with van der Waals surface area (Å²) < 4.78 is 0. The van der Waals surface area contributed by atoms with Gasteiger partial charge in [0, 0.05) is 0 Å². The molecule has 0 aliphatic rings. The molecule has 19 heavy (non-hydrogen) atoms. The average Bonchev–Trinajstić information content (AvgIpc) is 2.33. The van der Waals surface area contributed by atoms with Crippen LogP contribution in [-0.2, 0) is 11.8 Å². The van der Waals surface area contributed by atoms with Gasteiger partial charge in [0.25, 0.3) is 0 Å². The van der Waals surface area contributed by atoms with Crippen molar-refractivity contribution in [3.8, 4) is 0 Å². The lowest BCUT2D eigenvalue weighted by molar-refractivity contribution is 0.0696. The molecular weight excluding hydrogens is 236 g/mol. The monoisotopic (exact) mass is 262 g/mol. The van der Waals surface area contributed by atoms with Crippen LogP contribution in [0.5, 0.6) is 0 Å². The van der Waals surface area contributed by atoms with E-state index in [0.717, 1.165) is 12.8 Å². The molecule has 1 N–H and O–H groups in total. The highest BCUT2D eigenvalue weighted by atomic mass is 16.4. The van der Waals surface area contributed by atoms with Crippen molar-refractivity contribution in [3.63, 3.8) is 0 Å². The van der Waals surface area contributed by atoms with Crippen LogP contribution in [0.25, 0.3) is 0 Å². The second kappa shape index (κ2) is 6.74. The summed E-state index contributed by atoms with van der Waals surface area (Å²) in [4.78, 5) is 11.1. The fourth-order valence-electron chi connectivity index (χ4n) is 2.41. The molecule has 2 nitrogen and oxygen atoms in total. The summed E-state index contributed by atoms with van der Waals surface area (Å²) in [7, 11) is 0. The number of carbonyl (C=O) groups is 1. The molecule has 0 aliphatic heterocycles. The van der Waals surface area contributed by atoms with Crippen LogP contribution in [-0.4, -0.2) is 11.1 Å². The first-order valence-corrected chi connectivity index (χ1v) is 7.23. The van der Waals surface area contributed by atoms with Crippen LogP contribution in [0.2, 0.25) is 0 Å². The Bertz CT molecular complexity index is 427. The predicted molar refractivity (Wildman–Crippen MR) is 79.9 cm³/mol. The Morgan fingerprint density at radius 3 is 2.37 bits per heavy atom. The number of unbranched alkanes of at least 4 members (excludes halogenated alkanes) is 3. The molecule has 1 rings (SSSR count). The molecule has 0 bridgehead atoms. The van der Waals surface area contributed by atoms with Gasteiger partial charge in [0.15, 0.2) is 0 Å². The fraction of sp³-hybridized carbons (Fsp3) is 0.588. The molecule has 1 aromatic carbocycles. The first-order valence-electron chi connectivity index (χ1n) is 7.23. The van der Waals surface area contributed by atoms with Gasteiger partial charge in [-0.15, -0.1) is 0 Å². The van der Waals surface area contributed by atoms with E-state index in [-0.39, 0.29) is 5.41 Å². The van der Waals surface area contributed by atoms with Gasteiger partial charge < -0.3 is 5.11 Å². The minimum absolute atomic E-state index is 0.0666. The number of carboxylic acids is 1. The summed E-state index contributed by atoms with van der Waals surface area (Å²) in [6.45, 7) is 8.74. The van der Waals surface area contributed by atoms with Crippen LogP contribution in [0.3, 0.4) is 0 Å². The quantitative estimate of drug-likeness (QED) is 0.747. The average molecular weight is 262 g/mol. The highest BCUT2D eigenvalue weighted by molar-refractivity contribution is 5.88. The van der Waals surface area contributed by atoms with Gasteiger partial charge in [-0.1, -0.05) is 53.0 Å². The number of aryl methyl sites for hydroxylation is 1. The topological polar surface area (TPSA) is 37.3 Å². The van der Waals surface area contributed by atoms with E-state index in [1.807, 2.05) is 12.1 Å². The Balaban J connectivity index is 2.95. The van der Waals surface area contributed by atoms with Gasteiger partial charge in [-0.3, -0.25) is 0 Å². The van der Waals surface area contributed by atoms with Crippen molar-refractivity contribution in [1.29, 1.82) is 0 Å². The Morgan fingerprint density at radius 2 is 1.84 bits per heavy atom. The van der Waals surface area contributed by atoms with E-state index in [2.05, 4.69) is 27.7 Å². The highest BCUT2D eigenvalue weighted by Crippen LogP contribution is 2.28. The molecular formula is C17H26O2. The van der Waals surface area contributed by atoms with Crippen molar-refractivity contribution in [2.24, 2.45) is 0 Å². The third kappa shape index (κ3) is 4.70. The molecule has 0 radical (unpaired) electrons. The van der Waals surface area contributed by atoms with Crippen molar-refractivity contribution < 1.29 is 9.90 Å². The van der Waals surface area contributed by atoms with Crippen LogP contribution in [0.15, 0.2) is 18.2 Å². The summed E-state index contributed by atoms with van der Waals surface area (Å²) in [5.74, 6) is -0.838. The SMILES string of the molecule is CCCCCCc1cc(C(=O)O)ccc1C(C)(C)C. The smallest absolute Gasteiger partial charge is 0.335 e. The van der Waals surface area contributed by atoms with Gasteiger partial charge in [-0.25, -0.2) is 4.79 Å². The standard InChI is InChI=1S/C17H26O2/c1-5-6-7-8-9-13-12-14(16(18)19)10-11-15(13)17(2,3)4/h10-12H,5-9H2,1-4H3,(H,18,19). The molecule has 0 saturated heterocycles. The predicted octanol–water partition coefficient (Wildman–Crippen LogP) is 4.81. The highest BCUT2D eigenvalue weighted by Gasteiger charge is 2.19. The molecule has 0 unspecified atom stereocenters. The van der Waals surface area contributed by atoms with Crippen molar-refractivity contribution >= 4 is 5.97 Å². The zero-order valence-corrected chi connectivity index (χ0v) is 12.6. The maximum atomic E-state index is 11.1. The summed E-state index contributed by atoms with van der Waals surface area (Å²) in [5, 5.41) is 9.11. The summed E-state index contributed by atoms with van der Waals surface area (Å²) in [6, 6.07) is 5.56. The molecule has 0 fully saturated rings. The molecule has 0 atom stereocenters. The second-order valence-electron chi connectivity index (χ2n) is 6.24. The lowest BCUT2D eigenvalue weighted by Gasteiger charge is -2.23. The van der Waals surface area contributed by atoms with Crippen LogP contribution < -0.4 is 0 Å².